The second-order valence-corrected chi connectivity index (χ2v) is 9.80. The number of hydrogen-bond donors (Lipinski definition) is 2. The van der Waals surface area contributed by atoms with Crippen LogP contribution in [0.3, 0.4) is 0 Å². The molecule has 36 heavy (non-hydrogen) atoms. The fraction of sp³-hybridized carbons (Fsp3) is 0.385. The van der Waals surface area contributed by atoms with Crippen molar-refractivity contribution >= 4 is 58.2 Å². The van der Waals surface area contributed by atoms with Crippen LogP contribution >= 0.6 is 23.2 Å². The summed E-state index contributed by atoms with van der Waals surface area (Å²) in [5.41, 5.74) is 1.06. The monoisotopic (exact) mass is 530 g/mol. The molecule has 2 aromatic carbocycles. The Labute approximate surface area is 219 Å². The van der Waals surface area contributed by atoms with Gasteiger partial charge in [0.1, 0.15) is 0 Å². The number of anilines is 2. The summed E-state index contributed by atoms with van der Waals surface area (Å²) < 4.78 is 0. The van der Waals surface area contributed by atoms with Crippen LogP contribution in [-0.2, 0) is 19.2 Å². The second kappa shape index (κ2) is 12.0. The Balaban J connectivity index is 1.11. The van der Waals surface area contributed by atoms with Gasteiger partial charge in [-0.1, -0.05) is 36.0 Å². The zero-order chi connectivity index (χ0) is 25.7. The molecule has 2 saturated heterocycles. The van der Waals surface area contributed by atoms with Gasteiger partial charge in [-0.05, 0) is 74.5 Å². The summed E-state index contributed by atoms with van der Waals surface area (Å²) in [4.78, 5) is 52.4. The lowest BCUT2D eigenvalue weighted by Crippen LogP contribution is -2.39. The van der Waals surface area contributed by atoms with Crippen LogP contribution in [0, 0.1) is 0 Å². The molecule has 8 nitrogen and oxygen atoms in total. The van der Waals surface area contributed by atoms with Gasteiger partial charge < -0.3 is 10.6 Å². The Morgan fingerprint density at radius 1 is 0.611 bits per heavy atom. The van der Waals surface area contributed by atoms with Crippen LogP contribution in [0.1, 0.15) is 38.5 Å². The molecule has 2 aliphatic heterocycles. The number of imide groups is 2. The molecule has 0 aliphatic carbocycles. The number of nitrogens with one attached hydrogen (secondary N) is 2. The minimum absolute atomic E-state index is 0.145. The van der Waals surface area contributed by atoms with Gasteiger partial charge in [0, 0.05) is 10.0 Å². The largest absolute Gasteiger partial charge is 0.305 e. The lowest BCUT2D eigenvalue weighted by molar-refractivity contribution is -0.123. The lowest BCUT2D eigenvalue weighted by Gasteiger charge is -2.16. The Morgan fingerprint density at radius 3 is 1.33 bits per heavy atom. The van der Waals surface area contributed by atoms with Crippen LogP contribution in [0.5, 0.6) is 0 Å². The fourth-order valence-corrected chi connectivity index (χ4v) is 4.71. The Hall–Kier alpha value is -2.78. The number of rotatable bonds is 11. The highest BCUT2D eigenvalue weighted by Crippen LogP contribution is 2.25. The zero-order valence-electron chi connectivity index (χ0n) is 19.7. The third kappa shape index (κ3) is 6.13. The van der Waals surface area contributed by atoms with Crippen molar-refractivity contribution < 1.29 is 19.2 Å². The van der Waals surface area contributed by atoms with Gasteiger partial charge in [-0.15, -0.1) is 0 Å². The number of carbonyl (C=O) groups is 4. The molecule has 190 valence electrons. The van der Waals surface area contributed by atoms with E-state index in [1.54, 1.807) is 48.5 Å². The van der Waals surface area contributed by atoms with Crippen molar-refractivity contribution in [3.8, 4) is 0 Å². The maximum absolute atomic E-state index is 12.7. The number of halogens is 2. The summed E-state index contributed by atoms with van der Waals surface area (Å²) in [6.45, 7) is 1.27. The first-order valence-electron chi connectivity index (χ1n) is 12.1. The molecule has 0 unspecified atom stereocenters. The molecule has 2 N–H and O–H groups in total. The Kier molecular flexibility index (Phi) is 8.74. The van der Waals surface area contributed by atoms with E-state index < -0.39 is 12.1 Å². The van der Waals surface area contributed by atoms with E-state index in [4.69, 9.17) is 23.2 Å². The normalized spacial score (nSPS) is 20.2. The SMILES string of the molecule is O=C1C[C@@H](NCCCCCCN[C@@H]2CC(=O)N(c3ccc(Cl)cc3)C2=O)C(=O)N1c1ccc(Cl)cc1. The van der Waals surface area contributed by atoms with Crippen molar-refractivity contribution in [1.29, 1.82) is 0 Å². The number of amides is 4. The van der Waals surface area contributed by atoms with Gasteiger partial charge in [-0.2, -0.15) is 0 Å². The summed E-state index contributed by atoms with van der Waals surface area (Å²) in [7, 11) is 0. The topological polar surface area (TPSA) is 98.8 Å². The van der Waals surface area contributed by atoms with E-state index in [1.807, 2.05) is 0 Å². The van der Waals surface area contributed by atoms with Crippen LogP contribution in [0.25, 0.3) is 0 Å². The summed E-state index contributed by atoms with van der Waals surface area (Å²) in [6, 6.07) is 12.3. The van der Waals surface area contributed by atoms with Crippen molar-refractivity contribution in [3.05, 3.63) is 58.6 Å². The average Bonchev–Trinajstić information content (AvgIpc) is 3.30. The molecule has 0 saturated carbocycles. The maximum atomic E-state index is 12.7. The van der Waals surface area contributed by atoms with Gasteiger partial charge in [-0.3, -0.25) is 19.2 Å². The molecule has 2 fully saturated rings. The van der Waals surface area contributed by atoms with E-state index in [0.29, 0.717) is 34.5 Å². The van der Waals surface area contributed by atoms with Crippen LogP contribution < -0.4 is 20.4 Å². The molecule has 2 atom stereocenters. The predicted molar refractivity (Wildman–Crippen MR) is 139 cm³/mol. The molecule has 2 aromatic rings. The molecule has 0 radical (unpaired) electrons. The van der Waals surface area contributed by atoms with Crippen LogP contribution in [0.4, 0.5) is 11.4 Å². The molecule has 0 spiro atoms. The summed E-state index contributed by atoms with van der Waals surface area (Å²) >= 11 is 11.8. The number of benzene rings is 2. The van der Waals surface area contributed by atoms with Crippen molar-refractivity contribution in [1.82, 2.24) is 10.6 Å². The first-order valence-corrected chi connectivity index (χ1v) is 12.8. The van der Waals surface area contributed by atoms with Crippen molar-refractivity contribution in [2.45, 2.75) is 50.6 Å². The van der Waals surface area contributed by atoms with Gasteiger partial charge in [-0.25, -0.2) is 9.80 Å². The molecule has 0 bridgehead atoms. The molecule has 2 heterocycles. The smallest absolute Gasteiger partial charge is 0.251 e. The summed E-state index contributed by atoms with van der Waals surface area (Å²) in [5, 5.41) is 7.48. The van der Waals surface area contributed by atoms with Crippen molar-refractivity contribution in [2.75, 3.05) is 22.9 Å². The van der Waals surface area contributed by atoms with E-state index in [-0.39, 0.29) is 36.5 Å². The van der Waals surface area contributed by atoms with E-state index in [0.717, 1.165) is 25.7 Å². The minimum atomic E-state index is -0.510. The number of unbranched alkanes of at least 4 members (excludes halogenated alkanes) is 3. The second-order valence-electron chi connectivity index (χ2n) is 8.92. The molecule has 10 heteroatoms. The molecule has 4 rings (SSSR count). The molecule has 0 aromatic heterocycles. The quantitative estimate of drug-likeness (QED) is 0.339. The Bertz CT molecular complexity index is 1030. The van der Waals surface area contributed by atoms with E-state index in [2.05, 4.69) is 10.6 Å². The van der Waals surface area contributed by atoms with Gasteiger partial charge >= 0.3 is 0 Å². The maximum Gasteiger partial charge on any atom is 0.251 e. The number of carbonyl (C=O) groups excluding carboxylic acids is 4. The fourth-order valence-electron chi connectivity index (χ4n) is 4.46. The molecular formula is C26H28Cl2N4O4. The third-order valence-corrected chi connectivity index (χ3v) is 6.85. The van der Waals surface area contributed by atoms with Crippen LogP contribution in [0.15, 0.2) is 48.5 Å². The molecule has 2 aliphatic rings. The first kappa shape index (κ1) is 26.3. The first-order chi connectivity index (χ1) is 17.3. The summed E-state index contributed by atoms with van der Waals surface area (Å²) in [6.07, 6.45) is 3.91. The van der Waals surface area contributed by atoms with Gasteiger partial charge in [0.15, 0.2) is 0 Å². The lowest BCUT2D eigenvalue weighted by atomic mass is 10.1. The number of nitrogens with zero attached hydrogens (tertiary/aromatic N) is 2. The molecule has 4 amide bonds. The highest BCUT2D eigenvalue weighted by molar-refractivity contribution is 6.31. The zero-order valence-corrected chi connectivity index (χ0v) is 21.2. The van der Waals surface area contributed by atoms with Crippen LogP contribution in [0.2, 0.25) is 10.0 Å². The predicted octanol–water partition coefficient (Wildman–Crippen LogP) is 3.70. The molecular weight excluding hydrogens is 503 g/mol. The summed E-state index contributed by atoms with van der Waals surface area (Å²) in [5.74, 6) is -0.925. The van der Waals surface area contributed by atoms with Gasteiger partial charge in [0.25, 0.3) is 11.8 Å². The highest BCUT2D eigenvalue weighted by Gasteiger charge is 2.40. The van der Waals surface area contributed by atoms with E-state index >= 15 is 0 Å². The number of hydrogen-bond acceptors (Lipinski definition) is 6. The highest BCUT2D eigenvalue weighted by atomic mass is 35.5. The van der Waals surface area contributed by atoms with Crippen LogP contribution in [-0.4, -0.2) is 48.8 Å². The van der Waals surface area contributed by atoms with Gasteiger partial charge in [0.2, 0.25) is 11.8 Å². The standard InChI is InChI=1S/C26H28Cl2N4O4/c27-17-5-9-19(10-6-17)31-23(33)15-21(25(31)35)29-13-3-1-2-4-14-30-22-16-24(34)32(26(22)36)20-11-7-18(28)8-12-20/h5-12,21-22,29-30H,1-4,13-16H2/t21-,22-/m1/s1. The van der Waals surface area contributed by atoms with E-state index in [1.165, 1.54) is 9.80 Å². The Morgan fingerprint density at radius 2 is 0.972 bits per heavy atom. The van der Waals surface area contributed by atoms with Gasteiger partial charge in [0.05, 0.1) is 36.3 Å². The third-order valence-electron chi connectivity index (χ3n) is 6.35. The van der Waals surface area contributed by atoms with E-state index in [9.17, 15) is 19.2 Å². The van der Waals surface area contributed by atoms with Crippen molar-refractivity contribution in [2.24, 2.45) is 0 Å². The average molecular weight is 531 g/mol. The van der Waals surface area contributed by atoms with Crippen molar-refractivity contribution in [3.63, 3.8) is 0 Å². The minimum Gasteiger partial charge on any atom is -0.305 e.